The van der Waals surface area contributed by atoms with Crippen LogP contribution in [0.3, 0.4) is 0 Å². The summed E-state index contributed by atoms with van der Waals surface area (Å²) in [6.07, 6.45) is 2.84. The van der Waals surface area contributed by atoms with Crippen molar-refractivity contribution in [2.45, 2.75) is 19.3 Å². The average molecular weight is 200 g/mol. The summed E-state index contributed by atoms with van der Waals surface area (Å²) in [5.74, 6) is -0.986. The minimum Gasteiger partial charge on any atom is -0.479 e. The summed E-state index contributed by atoms with van der Waals surface area (Å²) in [6, 6.07) is 0. The van der Waals surface area contributed by atoms with Gasteiger partial charge in [0.2, 0.25) is 6.61 Å². The van der Waals surface area contributed by atoms with Crippen LogP contribution in [0, 0.1) is 0 Å². The van der Waals surface area contributed by atoms with Gasteiger partial charge in [-0.05, 0) is 26.4 Å². The molecule has 0 atom stereocenters. The molecule has 0 radical (unpaired) electrons. The first-order valence-corrected chi connectivity index (χ1v) is 4.76. The molecule has 0 saturated carbocycles. The molecule has 0 amide bonds. The van der Waals surface area contributed by atoms with Crippen LogP contribution in [0.5, 0.6) is 0 Å². The van der Waals surface area contributed by atoms with E-state index in [2.05, 4.69) is 17.1 Å². The van der Waals surface area contributed by atoms with Crippen molar-refractivity contribution in [3.63, 3.8) is 0 Å². The fraction of sp³-hybridized carbons (Fsp3) is 0.778. The van der Waals surface area contributed by atoms with Crippen LogP contribution in [0.25, 0.3) is 0 Å². The second-order valence-corrected chi connectivity index (χ2v) is 3.48. The highest BCUT2D eigenvalue weighted by Gasteiger charge is 2.09. The number of carboxylic acid groups (broad SMARTS) is 1. The van der Waals surface area contributed by atoms with Crippen LogP contribution in [-0.4, -0.2) is 48.4 Å². The number of aliphatic carboxylic acids is 1. The molecule has 80 valence electrons. The number of nitrogens with zero attached hydrogens (tertiary/aromatic N) is 2. The van der Waals surface area contributed by atoms with E-state index in [-0.39, 0.29) is 6.61 Å². The molecule has 1 fully saturated rings. The quantitative estimate of drug-likeness (QED) is 0.676. The van der Waals surface area contributed by atoms with Gasteiger partial charge in [-0.2, -0.15) is 0 Å². The summed E-state index contributed by atoms with van der Waals surface area (Å²) >= 11 is 0. The number of oxime groups is 1. The molecular formula is C9H16N2O3. The average Bonchev–Trinajstić information content (AvgIpc) is 2.30. The summed E-state index contributed by atoms with van der Waals surface area (Å²) in [5.41, 5.74) is 0.968. The molecule has 0 aromatic rings. The maximum Gasteiger partial charge on any atom is 0.344 e. The fourth-order valence-corrected chi connectivity index (χ4v) is 1.38. The molecule has 5 nitrogen and oxygen atoms in total. The second-order valence-electron chi connectivity index (χ2n) is 3.48. The van der Waals surface area contributed by atoms with Crippen LogP contribution < -0.4 is 0 Å². The molecule has 0 aromatic carbocycles. The van der Waals surface area contributed by atoms with Gasteiger partial charge in [0.1, 0.15) is 0 Å². The smallest absolute Gasteiger partial charge is 0.344 e. The first-order chi connectivity index (χ1) is 6.68. The summed E-state index contributed by atoms with van der Waals surface area (Å²) in [4.78, 5) is 17.1. The van der Waals surface area contributed by atoms with Gasteiger partial charge in [0.15, 0.2) is 0 Å². The molecule has 1 rings (SSSR count). The van der Waals surface area contributed by atoms with Crippen molar-refractivity contribution in [1.82, 2.24) is 4.90 Å². The van der Waals surface area contributed by atoms with Gasteiger partial charge in [-0.25, -0.2) is 4.79 Å². The zero-order chi connectivity index (χ0) is 10.4. The summed E-state index contributed by atoms with van der Waals surface area (Å²) in [5, 5.41) is 12.2. The van der Waals surface area contributed by atoms with Gasteiger partial charge >= 0.3 is 5.97 Å². The number of likely N-dealkylation sites (tertiary alicyclic amines) is 1. The van der Waals surface area contributed by atoms with E-state index < -0.39 is 5.97 Å². The van der Waals surface area contributed by atoms with Crippen molar-refractivity contribution >= 4 is 11.7 Å². The molecule has 14 heavy (non-hydrogen) atoms. The number of hydrogen-bond donors (Lipinski definition) is 1. The maximum atomic E-state index is 10.2. The second kappa shape index (κ2) is 5.59. The molecule has 0 unspecified atom stereocenters. The highest BCUT2D eigenvalue weighted by atomic mass is 16.6. The summed E-state index contributed by atoms with van der Waals surface area (Å²) in [6.45, 7) is 1.69. The highest BCUT2D eigenvalue weighted by molar-refractivity contribution is 5.84. The lowest BCUT2D eigenvalue weighted by molar-refractivity contribution is -0.142. The molecule has 1 N–H and O–H groups in total. The van der Waals surface area contributed by atoms with Gasteiger partial charge in [-0.15, -0.1) is 0 Å². The van der Waals surface area contributed by atoms with E-state index in [9.17, 15) is 4.79 Å². The van der Waals surface area contributed by atoms with Crippen LogP contribution in [0.4, 0.5) is 0 Å². The maximum absolute atomic E-state index is 10.2. The van der Waals surface area contributed by atoms with Crippen molar-refractivity contribution in [2.24, 2.45) is 5.16 Å². The monoisotopic (exact) mass is 200 g/mol. The molecule has 1 heterocycles. The van der Waals surface area contributed by atoms with Crippen LogP contribution in [0.1, 0.15) is 19.3 Å². The third-order valence-corrected chi connectivity index (χ3v) is 2.17. The van der Waals surface area contributed by atoms with E-state index >= 15 is 0 Å². The largest absolute Gasteiger partial charge is 0.479 e. The molecule has 1 aliphatic heterocycles. The van der Waals surface area contributed by atoms with Crippen molar-refractivity contribution in [2.75, 3.05) is 26.7 Å². The van der Waals surface area contributed by atoms with E-state index in [4.69, 9.17) is 9.94 Å². The Hall–Kier alpha value is -1.10. The molecule has 1 saturated heterocycles. The number of rotatable bonds is 3. The topological polar surface area (TPSA) is 62.1 Å². The van der Waals surface area contributed by atoms with E-state index in [1.807, 2.05) is 0 Å². The van der Waals surface area contributed by atoms with Crippen LogP contribution in [0.15, 0.2) is 5.16 Å². The minimum absolute atomic E-state index is 0.348. The number of hydrogen-bond acceptors (Lipinski definition) is 4. The Kier molecular flexibility index (Phi) is 4.39. The zero-order valence-corrected chi connectivity index (χ0v) is 8.40. The lowest BCUT2D eigenvalue weighted by Crippen LogP contribution is -2.18. The molecule has 5 heteroatoms. The van der Waals surface area contributed by atoms with Crippen molar-refractivity contribution < 1.29 is 14.7 Å². The molecule has 1 aliphatic rings. The normalized spacial score (nSPS) is 21.9. The van der Waals surface area contributed by atoms with Gasteiger partial charge in [-0.3, -0.25) is 0 Å². The minimum atomic E-state index is -0.986. The Bertz CT molecular complexity index is 228. The lowest BCUT2D eigenvalue weighted by Gasteiger charge is -2.10. The third-order valence-electron chi connectivity index (χ3n) is 2.17. The summed E-state index contributed by atoms with van der Waals surface area (Å²) < 4.78 is 0. The van der Waals surface area contributed by atoms with E-state index in [0.717, 1.165) is 38.1 Å². The summed E-state index contributed by atoms with van der Waals surface area (Å²) in [7, 11) is 2.07. The van der Waals surface area contributed by atoms with E-state index in [1.54, 1.807) is 0 Å². The predicted molar refractivity (Wildman–Crippen MR) is 52.4 cm³/mol. The molecular weight excluding hydrogens is 184 g/mol. The first kappa shape index (κ1) is 11.0. The highest BCUT2D eigenvalue weighted by Crippen LogP contribution is 2.06. The van der Waals surface area contributed by atoms with Gasteiger partial charge < -0.3 is 14.8 Å². The Labute approximate surface area is 83.3 Å². The van der Waals surface area contributed by atoms with Crippen LogP contribution in [0.2, 0.25) is 0 Å². The molecule has 0 aromatic heterocycles. The fourth-order valence-electron chi connectivity index (χ4n) is 1.38. The van der Waals surface area contributed by atoms with Gasteiger partial charge in [0.25, 0.3) is 0 Å². The third kappa shape index (κ3) is 4.23. The van der Waals surface area contributed by atoms with Crippen molar-refractivity contribution in [1.29, 1.82) is 0 Å². The van der Waals surface area contributed by atoms with Crippen LogP contribution in [-0.2, 0) is 9.63 Å². The SMILES string of the molecule is CN1CCCC(=NOCC(=O)O)CC1. The Morgan fingerprint density at radius 1 is 1.57 bits per heavy atom. The molecule has 0 spiro atoms. The van der Waals surface area contributed by atoms with E-state index in [0.29, 0.717) is 0 Å². The first-order valence-electron chi connectivity index (χ1n) is 4.76. The number of carboxylic acids is 1. The van der Waals surface area contributed by atoms with Crippen LogP contribution >= 0.6 is 0 Å². The molecule has 0 bridgehead atoms. The van der Waals surface area contributed by atoms with Crippen molar-refractivity contribution in [3.8, 4) is 0 Å². The Morgan fingerprint density at radius 2 is 2.36 bits per heavy atom. The van der Waals surface area contributed by atoms with Crippen molar-refractivity contribution in [3.05, 3.63) is 0 Å². The predicted octanol–water partition coefficient (Wildman–Crippen LogP) is 0.559. The number of carbonyl (C=O) groups is 1. The van der Waals surface area contributed by atoms with Gasteiger partial charge in [0.05, 0.1) is 5.71 Å². The van der Waals surface area contributed by atoms with Gasteiger partial charge in [-0.1, -0.05) is 5.16 Å². The zero-order valence-electron chi connectivity index (χ0n) is 8.40. The van der Waals surface area contributed by atoms with E-state index in [1.165, 1.54) is 0 Å². The standard InChI is InChI=1S/C9H16N2O3/c1-11-5-2-3-8(4-6-11)10-14-7-9(12)13/h2-7H2,1H3,(H,12,13). The Morgan fingerprint density at radius 3 is 3.07 bits per heavy atom. The van der Waals surface area contributed by atoms with Gasteiger partial charge in [0, 0.05) is 13.0 Å². The Balaban J connectivity index is 2.31. The lowest BCUT2D eigenvalue weighted by atomic mass is 10.2. The molecule has 0 aliphatic carbocycles.